The Hall–Kier alpha value is -3.07. The molecule has 0 saturated heterocycles. The van der Waals surface area contributed by atoms with Crippen molar-refractivity contribution in [3.8, 4) is 0 Å². The number of amides is 2. The second-order valence-corrected chi connectivity index (χ2v) is 11.3. The highest BCUT2D eigenvalue weighted by molar-refractivity contribution is 7.92. The van der Waals surface area contributed by atoms with Gasteiger partial charge in [-0.3, -0.25) is 13.9 Å². The van der Waals surface area contributed by atoms with Gasteiger partial charge in [0.05, 0.1) is 10.6 Å². The number of aryl methyl sites for hydroxylation is 1. The summed E-state index contributed by atoms with van der Waals surface area (Å²) in [4.78, 5) is 27.9. The van der Waals surface area contributed by atoms with Crippen LogP contribution in [0.5, 0.6) is 0 Å². The first-order valence-electron chi connectivity index (χ1n) is 11.7. The lowest BCUT2D eigenvalue weighted by atomic mass is 10.1. The number of hydrogen-bond acceptors (Lipinski definition) is 4. The molecule has 37 heavy (non-hydrogen) atoms. The van der Waals surface area contributed by atoms with Crippen LogP contribution in [0.1, 0.15) is 25.0 Å². The van der Waals surface area contributed by atoms with Crippen molar-refractivity contribution in [1.29, 1.82) is 0 Å². The standard InChI is InChI=1S/C27H29Cl2N3O4S/c1-4-30-27(34)20(3)31(17-21-10-8-9-19(2)13-21)26(33)18-32(24-15-22(28)14-23(29)16-24)37(35,36)25-11-6-5-7-12-25/h5-16,20H,4,17-18H2,1-3H3,(H,30,34)/t20-/m1/s1. The molecule has 0 unspecified atom stereocenters. The fraction of sp³-hybridized carbons (Fsp3) is 0.259. The van der Waals surface area contributed by atoms with Crippen LogP contribution in [0.2, 0.25) is 10.0 Å². The molecule has 2 amide bonds. The van der Waals surface area contributed by atoms with Crippen LogP contribution in [0.4, 0.5) is 5.69 Å². The summed E-state index contributed by atoms with van der Waals surface area (Å²) >= 11 is 12.4. The molecule has 0 bridgehead atoms. The monoisotopic (exact) mass is 561 g/mol. The van der Waals surface area contributed by atoms with E-state index in [0.717, 1.165) is 15.4 Å². The Kier molecular flexibility index (Phi) is 9.59. The molecule has 1 atom stereocenters. The maximum Gasteiger partial charge on any atom is 0.264 e. The van der Waals surface area contributed by atoms with Gasteiger partial charge in [-0.2, -0.15) is 0 Å². The molecule has 196 valence electrons. The highest BCUT2D eigenvalue weighted by Gasteiger charge is 2.32. The minimum absolute atomic E-state index is 0.000839. The number of anilines is 1. The van der Waals surface area contributed by atoms with Crippen LogP contribution < -0.4 is 9.62 Å². The Balaban J connectivity index is 2.05. The van der Waals surface area contributed by atoms with Gasteiger partial charge < -0.3 is 10.2 Å². The molecular weight excluding hydrogens is 533 g/mol. The first-order valence-corrected chi connectivity index (χ1v) is 13.9. The molecule has 0 aromatic heterocycles. The summed E-state index contributed by atoms with van der Waals surface area (Å²) in [5.74, 6) is -0.900. The predicted octanol–water partition coefficient (Wildman–Crippen LogP) is 5.05. The maximum atomic E-state index is 13.8. The average molecular weight is 563 g/mol. The van der Waals surface area contributed by atoms with Crippen molar-refractivity contribution in [2.75, 3.05) is 17.4 Å². The smallest absolute Gasteiger partial charge is 0.264 e. The van der Waals surface area contributed by atoms with Gasteiger partial charge in [-0.1, -0.05) is 71.2 Å². The van der Waals surface area contributed by atoms with E-state index in [0.29, 0.717) is 6.54 Å². The van der Waals surface area contributed by atoms with Gasteiger partial charge in [0.2, 0.25) is 11.8 Å². The molecule has 0 fully saturated rings. The van der Waals surface area contributed by atoms with E-state index in [1.807, 2.05) is 31.2 Å². The predicted molar refractivity (Wildman–Crippen MR) is 147 cm³/mol. The Morgan fingerprint density at radius 1 is 0.946 bits per heavy atom. The number of hydrogen-bond donors (Lipinski definition) is 1. The van der Waals surface area contributed by atoms with Crippen molar-refractivity contribution in [1.82, 2.24) is 10.2 Å². The summed E-state index contributed by atoms with van der Waals surface area (Å²) in [6.07, 6.45) is 0. The third-order valence-corrected chi connectivity index (χ3v) is 7.92. The number of nitrogens with one attached hydrogen (secondary N) is 1. The maximum absolute atomic E-state index is 13.8. The van der Waals surface area contributed by atoms with Crippen LogP contribution in [0.25, 0.3) is 0 Å². The number of benzene rings is 3. The third kappa shape index (κ3) is 7.25. The Morgan fingerprint density at radius 2 is 1.59 bits per heavy atom. The van der Waals surface area contributed by atoms with E-state index in [1.54, 1.807) is 32.0 Å². The molecule has 1 N–H and O–H groups in total. The Morgan fingerprint density at radius 3 is 2.19 bits per heavy atom. The molecule has 10 heteroatoms. The molecule has 3 aromatic rings. The number of nitrogens with zero attached hydrogens (tertiary/aromatic N) is 2. The molecule has 0 aliphatic rings. The van der Waals surface area contributed by atoms with Gasteiger partial charge in [0.15, 0.2) is 0 Å². The highest BCUT2D eigenvalue weighted by Crippen LogP contribution is 2.30. The number of rotatable bonds is 10. The normalized spacial score (nSPS) is 12.0. The van der Waals surface area contributed by atoms with E-state index in [2.05, 4.69) is 5.32 Å². The zero-order valence-electron chi connectivity index (χ0n) is 20.8. The molecule has 7 nitrogen and oxygen atoms in total. The molecule has 3 aromatic carbocycles. The van der Waals surface area contributed by atoms with Crippen LogP contribution in [-0.4, -0.2) is 44.3 Å². The van der Waals surface area contributed by atoms with E-state index < -0.39 is 28.5 Å². The lowest BCUT2D eigenvalue weighted by Crippen LogP contribution is -2.51. The summed E-state index contributed by atoms with van der Waals surface area (Å²) in [7, 11) is -4.18. The molecule has 0 saturated carbocycles. The lowest BCUT2D eigenvalue weighted by Gasteiger charge is -2.32. The summed E-state index contributed by atoms with van der Waals surface area (Å²) in [5, 5.41) is 3.17. The fourth-order valence-electron chi connectivity index (χ4n) is 3.84. The van der Waals surface area contributed by atoms with Gasteiger partial charge in [0, 0.05) is 23.1 Å². The molecule has 0 aliphatic carbocycles. The number of halogens is 2. The lowest BCUT2D eigenvalue weighted by molar-refractivity contribution is -0.139. The molecule has 0 radical (unpaired) electrons. The molecule has 3 rings (SSSR count). The van der Waals surface area contributed by atoms with Gasteiger partial charge >= 0.3 is 0 Å². The van der Waals surface area contributed by atoms with E-state index in [-0.39, 0.29) is 33.1 Å². The number of carbonyl (C=O) groups excluding carboxylic acids is 2. The van der Waals surface area contributed by atoms with Crippen molar-refractivity contribution < 1.29 is 18.0 Å². The van der Waals surface area contributed by atoms with Crippen molar-refractivity contribution in [3.05, 3.63) is 94.0 Å². The van der Waals surface area contributed by atoms with E-state index in [4.69, 9.17) is 23.2 Å². The molecule has 0 aliphatic heterocycles. The number of likely N-dealkylation sites (N-methyl/N-ethyl adjacent to an activating group) is 1. The minimum atomic E-state index is -4.18. The Labute approximate surface area is 228 Å². The largest absolute Gasteiger partial charge is 0.355 e. The van der Waals surface area contributed by atoms with Gasteiger partial charge in [-0.25, -0.2) is 8.42 Å². The van der Waals surface area contributed by atoms with Crippen LogP contribution in [0.3, 0.4) is 0 Å². The van der Waals surface area contributed by atoms with Crippen LogP contribution in [0.15, 0.2) is 77.7 Å². The van der Waals surface area contributed by atoms with E-state index in [9.17, 15) is 18.0 Å². The van der Waals surface area contributed by atoms with Gasteiger partial charge in [-0.15, -0.1) is 0 Å². The topological polar surface area (TPSA) is 86.8 Å². The molecule has 0 spiro atoms. The SMILES string of the molecule is CCNC(=O)[C@@H](C)N(Cc1cccc(C)c1)C(=O)CN(c1cc(Cl)cc(Cl)c1)S(=O)(=O)c1ccccc1. The van der Waals surface area contributed by atoms with Crippen molar-refractivity contribution in [2.45, 2.75) is 38.3 Å². The second kappa shape index (κ2) is 12.4. The highest BCUT2D eigenvalue weighted by atomic mass is 35.5. The third-order valence-electron chi connectivity index (χ3n) is 5.70. The first kappa shape index (κ1) is 28.5. The zero-order chi connectivity index (χ0) is 27.2. The van der Waals surface area contributed by atoms with Gasteiger partial charge in [0.1, 0.15) is 12.6 Å². The zero-order valence-corrected chi connectivity index (χ0v) is 23.1. The van der Waals surface area contributed by atoms with Gasteiger partial charge in [-0.05, 0) is 56.7 Å². The number of carbonyl (C=O) groups is 2. The average Bonchev–Trinajstić information content (AvgIpc) is 2.85. The summed E-state index contributed by atoms with van der Waals surface area (Å²) < 4.78 is 28.4. The van der Waals surface area contributed by atoms with E-state index >= 15 is 0 Å². The summed E-state index contributed by atoms with van der Waals surface area (Å²) in [5.41, 5.74) is 1.95. The van der Waals surface area contributed by atoms with Crippen molar-refractivity contribution in [2.24, 2.45) is 0 Å². The molecular formula is C27H29Cl2N3O4S. The summed E-state index contributed by atoms with van der Waals surface area (Å²) in [6.45, 7) is 5.28. The minimum Gasteiger partial charge on any atom is -0.355 e. The van der Waals surface area contributed by atoms with E-state index in [1.165, 1.54) is 35.2 Å². The fourth-order valence-corrected chi connectivity index (χ4v) is 5.78. The van der Waals surface area contributed by atoms with Gasteiger partial charge in [0.25, 0.3) is 10.0 Å². The molecule has 0 heterocycles. The number of sulfonamides is 1. The van der Waals surface area contributed by atoms with Crippen LogP contribution in [-0.2, 0) is 26.2 Å². The Bertz CT molecular complexity index is 1350. The first-order chi connectivity index (χ1) is 17.5. The van der Waals surface area contributed by atoms with Crippen molar-refractivity contribution >= 4 is 50.7 Å². The quantitative estimate of drug-likeness (QED) is 0.375. The second-order valence-electron chi connectivity index (χ2n) is 8.53. The van der Waals surface area contributed by atoms with Crippen LogP contribution in [0, 0.1) is 6.92 Å². The summed E-state index contributed by atoms with van der Waals surface area (Å²) in [6, 6.07) is 18.8. The van der Waals surface area contributed by atoms with Crippen LogP contribution >= 0.6 is 23.2 Å². The van der Waals surface area contributed by atoms with Crippen molar-refractivity contribution in [3.63, 3.8) is 0 Å².